The number of benzene rings is 1. The zero-order valence-electron chi connectivity index (χ0n) is 23.3. The number of rotatable bonds is 10. The lowest BCUT2D eigenvalue weighted by atomic mass is 9.66. The minimum Gasteiger partial charge on any atom is -0.458 e. The zero-order valence-corrected chi connectivity index (χ0v) is 24.9. The Hall–Kier alpha value is -2.41. The Labute approximate surface area is 235 Å². The Balaban J connectivity index is 2.00. The highest BCUT2D eigenvalue weighted by Gasteiger charge is 2.50. The minimum atomic E-state index is -4.30. The molecular weight excluding hydrogens is 550 g/mol. The molecule has 3 amide bonds. The number of ether oxygens (including phenoxy) is 1. The third-order valence-electron chi connectivity index (χ3n) is 6.93. The molecule has 2 unspecified atom stereocenters. The van der Waals surface area contributed by atoms with Gasteiger partial charge in [0, 0.05) is 23.5 Å². The molecule has 1 fully saturated rings. The molecule has 2 rings (SSSR count). The first-order chi connectivity index (χ1) is 17.8. The van der Waals surface area contributed by atoms with Crippen LogP contribution >= 0.6 is 11.6 Å². The maximum Gasteiger partial charge on any atom is 0.315 e. The van der Waals surface area contributed by atoms with Crippen molar-refractivity contribution in [3.63, 3.8) is 0 Å². The number of amides is 3. The van der Waals surface area contributed by atoms with Crippen molar-refractivity contribution in [2.45, 2.75) is 71.6 Å². The average Bonchev–Trinajstić information content (AvgIpc) is 2.81. The fourth-order valence-corrected chi connectivity index (χ4v) is 5.12. The summed E-state index contributed by atoms with van der Waals surface area (Å²) in [5, 5.41) is 17.4. The normalized spacial score (nSPS) is 20.3. The summed E-state index contributed by atoms with van der Waals surface area (Å²) in [5.74, 6) is -2.13. The Morgan fingerprint density at radius 1 is 1.18 bits per heavy atom. The first kappa shape index (κ1) is 32.8. The number of hydrogen-bond donors (Lipinski definition) is 4. The fraction of sp³-hybridized carbons (Fsp3) is 0.654. The van der Waals surface area contributed by atoms with Gasteiger partial charge in [-0.15, -0.1) is 0 Å². The van der Waals surface area contributed by atoms with E-state index in [0.29, 0.717) is 18.0 Å². The van der Waals surface area contributed by atoms with E-state index in [2.05, 4.69) is 10.6 Å². The maximum atomic E-state index is 13.5. The van der Waals surface area contributed by atoms with E-state index >= 15 is 0 Å². The maximum absolute atomic E-state index is 13.5. The second kappa shape index (κ2) is 12.4. The number of esters is 1. The van der Waals surface area contributed by atoms with Crippen LogP contribution in [0.15, 0.2) is 24.3 Å². The number of nitrogens with one attached hydrogen (secondary N) is 2. The summed E-state index contributed by atoms with van der Waals surface area (Å²) in [5.41, 5.74) is -2.31. The third kappa shape index (κ3) is 9.06. The molecule has 1 aromatic rings. The van der Waals surface area contributed by atoms with Gasteiger partial charge in [-0.25, -0.2) is 4.79 Å². The van der Waals surface area contributed by atoms with Crippen LogP contribution in [0, 0.1) is 11.3 Å². The second-order valence-corrected chi connectivity index (χ2v) is 13.6. The summed E-state index contributed by atoms with van der Waals surface area (Å²) in [7, 11) is -4.30. The van der Waals surface area contributed by atoms with Gasteiger partial charge in [0.05, 0.1) is 24.3 Å². The quantitative estimate of drug-likeness (QED) is 0.239. The van der Waals surface area contributed by atoms with E-state index in [4.69, 9.17) is 20.9 Å². The van der Waals surface area contributed by atoms with Gasteiger partial charge in [-0.1, -0.05) is 51.4 Å². The first-order valence-electron chi connectivity index (χ1n) is 12.7. The van der Waals surface area contributed by atoms with E-state index in [-0.39, 0.29) is 24.9 Å². The lowest BCUT2D eigenvalue weighted by molar-refractivity contribution is -0.156. The lowest BCUT2D eigenvalue weighted by Gasteiger charge is -2.51. The highest BCUT2D eigenvalue weighted by molar-refractivity contribution is 7.85. The van der Waals surface area contributed by atoms with Crippen LogP contribution in [0.2, 0.25) is 5.02 Å². The number of carbonyl (C=O) groups excluding carboxylic acids is 3. The standard InChI is InChI=1S/C26H40ClN3O8S/c1-17(2)21(29-23(33)28-15-25(5,6)38-20(31)11-14-39(35,36)37)22(32)30-13-12-26(34,24(3,4)16-30)18-7-9-19(27)10-8-18/h7-10,17,21,34H,11-16H2,1-6H3,(H2,28,29,33)(H,35,36,37). The molecule has 0 aliphatic carbocycles. The molecule has 1 heterocycles. The number of likely N-dealkylation sites (tertiary alicyclic amines) is 1. The molecule has 39 heavy (non-hydrogen) atoms. The van der Waals surface area contributed by atoms with Crippen molar-refractivity contribution in [3.05, 3.63) is 34.9 Å². The fourth-order valence-electron chi connectivity index (χ4n) is 4.57. The Kier molecular flexibility index (Phi) is 10.4. The summed E-state index contributed by atoms with van der Waals surface area (Å²) in [6.07, 6.45) is -0.223. The lowest BCUT2D eigenvalue weighted by Crippen LogP contribution is -2.61. The number of piperidine rings is 1. The average molecular weight is 590 g/mol. The predicted octanol–water partition coefficient (Wildman–Crippen LogP) is 2.71. The van der Waals surface area contributed by atoms with E-state index in [9.17, 15) is 27.9 Å². The summed E-state index contributed by atoms with van der Waals surface area (Å²) in [4.78, 5) is 39.7. The topological polar surface area (TPSA) is 162 Å². The van der Waals surface area contributed by atoms with Crippen LogP contribution in [0.1, 0.15) is 59.9 Å². The number of halogens is 1. The summed E-state index contributed by atoms with van der Waals surface area (Å²) < 4.78 is 35.6. The molecule has 1 saturated heterocycles. The molecule has 1 aliphatic heterocycles. The van der Waals surface area contributed by atoms with E-state index in [1.54, 1.807) is 29.2 Å². The van der Waals surface area contributed by atoms with Crippen molar-refractivity contribution in [2.24, 2.45) is 11.3 Å². The van der Waals surface area contributed by atoms with E-state index in [1.807, 2.05) is 27.7 Å². The second-order valence-electron chi connectivity index (χ2n) is 11.6. The van der Waals surface area contributed by atoms with Gasteiger partial charge in [0.15, 0.2) is 0 Å². The minimum absolute atomic E-state index is 0.111. The number of nitrogens with zero attached hydrogens (tertiary/aromatic N) is 1. The molecule has 0 bridgehead atoms. The molecule has 1 aromatic carbocycles. The van der Waals surface area contributed by atoms with Crippen LogP contribution in [0.3, 0.4) is 0 Å². The largest absolute Gasteiger partial charge is 0.458 e. The Bertz CT molecular complexity index is 1150. The van der Waals surface area contributed by atoms with Crippen molar-refractivity contribution in [3.8, 4) is 0 Å². The van der Waals surface area contributed by atoms with E-state index in [0.717, 1.165) is 5.56 Å². The van der Waals surface area contributed by atoms with Gasteiger partial charge in [0.2, 0.25) is 5.91 Å². The van der Waals surface area contributed by atoms with Crippen LogP contribution in [0.25, 0.3) is 0 Å². The SMILES string of the molecule is CC(C)C(NC(=O)NCC(C)(C)OC(=O)CCS(=O)(=O)O)C(=O)N1CCC(O)(c2ccc(Cl)cc2)C(C)(C)C1. The molecular formula is C26H40ClN3O8S. The Morgan fingerprint density at radius 3 is 2.28 bits per heavy atom. The Morgan fingerprint density at radius 2 is 1.77 bits per heavy atom. The first-order valence-corrected chi connectivity index (χ1v) is 14.7. The molecule has 4 N–H and O–H groups in total. The van der Waals surface area contributed by atoms with Crippen molar-refractivity contribution < 1.29 is 37.2 Å². The van der Waals surface area contributed by atoms with E-state index in [1.165, 1.54) is 13.8 Å². The molecule has 220 valence electrons. The van der Waals surface area contributed by atoms with Crippen molar-refractivity contribution >= 4 is 39.6 Å². The monoisotopic (exact) mass is 589 g/mol. The molecule has 13 heteroatoms. The molecule has 0 spiro atoms. The van der Waals surface area contributed by atoms with E-state index < -0.39 is 57.0 Å². The zero-order chi connectivity index (χ0) is 29.8. The summed E-state index contributed by atoms with van der Waals surface area (Å²) in [6.45, 7) is 10.9. The number of carbonyl (C=O) groups is 3. The van der Waals surface area contributed by atoms with Gasteiger partial charge in [0.1, 0.15) is 11.6 Å². The molecule has 1 aliphatic rings. The number of urea groups is 1. The number of hydrogen-bond acceptors (Lipinski definition) is 7. The van der Waals surface area contributed by atoms with Gasteiger partial charge in [-0.05, 0) is 43.9 Å². The van der Waals surface area contributed by atoms with Gasteiger partial charge >= 0.3 is 12.0 Å². The van der Waals surface area contributed by atoms with Gasteiger partial charge in [-0.3, -0.25) is 14.1 Å². The van der Waals surface area contributed by atoms with Crippen molar-refractivity contribution in [1.82, 2.24) is 15.5 Å². The van der Waals surface area contributed by atoms with Crippen LogP contribution in [0.4, 0.5) is 4.79 Å². The third-order valence-corrected chi connectivity index (χ3v) is 7.90. The van der Waals surface area contributed by atoms with Crippen molar-refractivity contribution in [2.75, 3.05) is 25.4 Å². The number of aliphatic hydroxyl groups is 1. The van der Waals surface area contributed by atoms with Crippen LogP contribution in [-0.2, 0) is 30.0 Å². The molecule has 0 radical (unpaired) electrons. The van der Waals surface area contributed by atoms with Crippen LogP contribution in [-0.4, -0.2) is 77.9 Å². The predicted molar refractivity (Wildman–Crippen MR) is 147 cm³/mol. The highest BCUT2D eigenvalue weighted by atomic mass is 35.5. The summed E-state index contributed by atoms with van der Waals surface area (Å²) >= 11 is 6.01. The molecule has 11 nitrogen and oxygen atoms in total. The van der Waals surface area contributed by atoms with Gasteiger partial charge in [-0.2, -0.15) is 8.42 Å². The smallest absolute Gasteiger partial charge is 0.315 e. The summed E-state index contributed by atoms with van der Waals surface area (Å²) in [6, 6.07) is 5.54. The molecule has 2 atom stereocenters. The van der Waals surface area contributed by atoms with Gasteiger partial charge < -0.3 is 25.4 Å². The van der Waals surface area contributed by atoms with Crippen molar-refractivity contribution in [1.29, 1.82) is 0 Å². The molecule has 0 saturated carbocycles. The molecule has 0 aromatic heterocycles. The van der Waals surface area contributed by atoms with Crippen LogP contribution < -0.4 is 10.6 Å². The van der Waals surface area contributed by atoms with Gasteiger partial charge in [0.25, 0.3) is 10.1 Å². The van der Waals surface area contributed by atoms with Crippen LogP contribution in [0.5, 0.6) is 0 Å². The highest BCUT2D eigenvalue weighted by Crippen LogP contribution is 2.46.